The summed E-state index contributed by atoms with van der Waals surface area (Å²) in [6.07, 6.45) is 8.27. The Kier molecular flexibility index (Phi) is 2.83. The van der Waals surface area contributed by atoms with Gasteiger partial charge in [0.1, 0.15) is 0 Å². The topological polar surface area (TPSA) is 12.0 Å². The van der Waals surface area contributed by atoms with E-state index in [9.17, 15) is 0 Å². The fraction of sp³-hybridized carbons (Fsp3) is 0.667. The zero-order valence-corrected chi connectivity index (χ0v) is 6.89. The van der Waals surface area contributed by atoms with Crippen molar-refractivity contribution in [1.29, 1.82) is 0 Å². The third-order valence-electron chi connectivity index (χ3n) is 1.42. The monoisotopic (exact) mass is 223 g/mol. The van der Waals surface area contributed by atoms with Gasteiger partial charge in [-0.15, -0.1) is 0 Å². The highest BCUT2D eigenvalue weighted by atomic mass is 127. The highest BCUT2D eigenvalue weighted by Crippen LogP contribution is 2.10. The molecule has 1 atom stereocenters. The van der Waals surface area contributed by atoms with Crippen LogP contribution >= 0.6 is 22.9 Å². The Labute approximate surface area is 64.0 Å². The predicted molar refractivity (Wildman–Crippen MR) is 43.9 cm³/mol. The molecule has 0 radical (unpaired) electrons. The van der Waals surface area contributed by atoms with E-state index in [1.54, 1.807) is 0 Å². The van der Waals surface area contributed by atoms with Crippen LogP contribution in [0.15, 0.2) is 12.2 Å². The number of hydrogen-bond acceptors (Lipinski definition) is 1. The predicted octanol–water partition coefficient (Wildman–Crippen LogP) is 2.03. The molecule has 0 heterocycles. The Bertz CT molecular complexity index is 90.5. The van der Waals surface area contributed by atoms with Crippen molar-refractivity contribution in [3.8, 4) is 0 Å². The number of nitrogens with one attached hydrogen (secondary N) is 1. The molecule has 0 spiro atoms. The normalized spacial score (nSPS) is 28.4. The van der Waals surface area contributed by atoms with Gasteiger partial charge in [-0.1, -0.05) is 12.2 Å². The van der Waals surface area contributed by atoms with E-state index in [0.29, 0.717) is 0 Å². The first-order valence-electron chi connectivity index (χ1n) is 2.94. The Morgan fingerprint density at radius 2 is 2.38 bits per heavy atom. The molecule has 0 bridgehead atoms. The molecule has 46 valence electrons. The molecule has 0 aliphatic heterocycles. The SMILES string of the molecule is INC1CC=CCC1. The lowest BCUT2D eigenvalue weighted by atomic mass is 10.0. The second-order valence-electron chi connectivity index (χ2n) is 2.09. The molecule has 0 aromatic carbocycles. The number of hydrogen-bond donors (Lipinski definition) is 1. The summed E-state index contributed by atoms with van der Waals surface area (Å²) in [6, 6.07) is 0.737. The molecule has 0 saturated heterocycles. The van der Waals surface area contributed by atoms with E-state index in [0.717, 1.165) is 6.04 Å². The van der Waals surface area contributed by atoms with Gasteiger partial charge in [-0.3, -0.25) is 3.53 Å². The second kappa shape index (κ2) is 3.45. The molecule has 1 rings (SSSR count). The molecule has 1 unspecified atom stereocenters. The molecule has 0 aromatic heterocycles. The van der Waals surface area contributed by atoms with Crippen molar-refractivity contribution in [3.63, 3.8) is 0 Å². The highest BCUT2D eigenvalue weighted by Gasteiger charge is 2.05. The molecular formula is C6H10IN. The van der Waals surface area contributed by atoms with Crippen LogP contribution in [0.25, 0.3) is 0 Å². The molecule has 8 heavy (non-hydrogen) atoms. The lowest BCUT2D eigenvalue weighted by Crippen LogP contribution is -2.20. The molecule has 1 aliphatic carbocycles. The molecule has 0 aromatic rings. The van der Waals surface area contributed by atoms with Crippen molar-refractivity contribution >= 4 is 22.9 Å². The third-order valence-corrected chi connectivity index (χ3v) is 2.30. The van der Waals surface area contributed by atoms with Crippen molar-refractivity contribution in [2.24, 2.45) is 0 Å². The number of allylic oxidation sites excluding steroid dienone is 1. The summed E-state index contributed by atoms with van der Waals surface area (Å²) in [5.74, 6) is 0. The van der Waals surface area contributed by atoms with Gasteiger partial charge in [0.15, 0.2) is 0 Å². The van der Waals surface area contributed by atoms with E-state index in [4.69, 9.17) is 0 Å². The van der Waals surface area contributed by atoms with Crippen molar-refractivity contribution in [2.45, 2.75) is 25.3 Å². The lowest BCUT2D eigenvalue weighted by Gasteiger charge is -2.14. The van der Waals surface area contributed by atoms with Crippen LogP contribution in [0.4, 0.5) is 0 Å². The Balaban J connectivity index is 2.27. The lowest BCUT2D eigenvalue weighted by molar-refractivity contribution is 0.585. The van der Waals surface area contributed by atoms with Gasteiger partial charge >= 0.3 is 0 Å². The van der Waals surface area contributed by atoms with E-state index in [-0.39, 0.29) is 0 Å². The molecule has 1 aliphatic rings. The minimum Gasteiger partial charge on any atom is -0.258 e. The standard InChI is InChI=1S/C6H10IN/c7-8-6-4-2-1-3-5-6/h1-2,6,8H,3-5H2. The van der Waals surface area contributed by atoms with Gasteiger partial charge in [0.05, 0.1) is 0 Å². The minimum atomic E-state index is 0.737. The van der Waals surface area contributed by atoms with Crippen molar-refractivity contribution in [2.75, 3.05) is 0 Å². The molecular weight excluding hydrogens is 213 g/mol. The average molecular weight is 223 g/mol. The third kappa shape index (κ3) is 1.74. The highest BCUT2D eigenvalue weighted by molar-refractivity contribution is 14.1. The van der Waals surface area contributed by atoms with Gasteiger partial charge in [-0.25, -0.2) is 0 Å². The van der Waals surface area contributed by atoms with Crippen LogP contribution in [-0.4, -0.2) is 6.04 Å². The first-order chi connectivity index (χ1) is 3.93. The quantitative estimate of drug-likeness (QED) is 0.407. The summed E-state index contributed by atoms with van der Waals surface area (Å²) in [6.45, 7) is 0. The molecule has 2 heteroatoms. The maximum absolute atomic E-state index is 3.22. The van der Waals surface area contributed by atoms with Gasteiger partial charge in [0, 0.05) is 28.9 Å². The summed E-state index contributed by atoms with van der Waals surface area (Å²) in [5.41, 5.74) is 0. The minimum absolute atomic E-state index is 0.737. The smallest absolute Gasteiger partial charge is 0.0200 e. The summed E-state index contributed by atoms with van der Waals surface area (Å²) in [5, 5.41) is 0. The van der Waals surface area contributed by atoms with Crippen LogP contribution in [-0.2, 0) is 0 Å². The maximum Gasteiger partial charge on any atom is 0.0200 e. The zero-order chi connectivity index (χ0) is 5.82. The largest absolute Gasteiger partial charge is 0.258 e. The first kappa shape index (κ1) is 6.55. The van der Waals surface area contributed by atoms with Gasteiger partial charge < -0.3 is 0 Å². The number of rotatable bonds is 1. The summed E-state index contributed by atoms with van der Waals surface area (Å²) in [7, 11) is 0. The van der Waals surface area contributed by atoms with Crippen LogP contribution in [0.1, 0.15) is 19.3 Å². The van der Waals surface area contributed by atoms with Gasteiger partial charge in [0.2, 0.25) is 0 Å². The van der Waals surface area contributed by atoms with Gasteiger partial charge in [-0.2, -0.15) is 0 Å². The summed E-state index contributed by atoms with van der Waals surface area (Å²) >= 11 is 2.22. The fourth-order valence-corrected chi connectivity index (χ4v) is 1.46. The zero-order valence-electron chi connectivity index (χ0n) is 4.73. The number of halogens is 1. The van der Waals surface area contributed by atoms with Crippen LogP contribution in [0.3, 0.4) is 0 Å². The van der Waals surface area contributed by atoms with Crippen LogP contribution in [0.5, 0.6) is 0 Å². The van der Waals surface area contributed by atoms with Crippen molar-refractivity contribution in [3.05, 3.63) is 12.2 Å². The van der Waals surface area contributed by atoms with Crippen LogP contribution in [0.2, 0.25) is 0 Å². The van der Waals surface area contributed by atoms with E-state index in [1.807, 2.05) is 0 Å². The van der Waals surface area contributed by atoms with E-state index >= 15 is 0 Å². The Morgan fingerprint density at radius 1 is 1.50 bits per heavy atom. The van der Waals surface area contributed by atoms with Crippen molar-refractivity contribution in [1.82, 2.24) is 3.53 Å². The van der Waals surface area contributed by atoms with Crippen LogP contribution < -0.4 is 3.53 Å². The molecule has 0 amide bonds. The Morgan fingerprint density at radius 3 is 2.75 bits per heavy atom. The fourth-order valence-electron chi connectivity index (χ4n) is 0.893. The van der Waals surface area contributed by atoms with E-state index < -0.39 is 0 Å². The summed E-state index contributed by atoms with van der Waals surface area (Å²) < 4.78 is 3.22. The molecule has 1 nitrogen and oxygen atoms in total. The van der Waals surface area contributed by atoms with Gasteiger partial charge in [0.25, 0.3) is 0 Å². The molecule has 1 N–H and O–H groups in total. The van der Waals surface area contributed by atoms with E-state index in [1.165, 1.54) is 19.3 Å². The average Bonchev–Trinajstić information content (AvgIpc) is 1.90. The van der Waals surface area contributed by atoms with E-state index in [2.05, 4.69) is 38.5 Å². The molecule has 0 saturated carbocycles. The van der Waals surface area contributed by atoms with Crippen molar-refractivity contribution < 1.29 is 0 Å². The maximum atomic E-state index is 3.22. The summed E-state index contributed by atoms with van der Waals surface area (Å²) in [4.78, 5) is 0. The first-order valence-corrected chi connectivity index (χ1v) is 4.02. The molecule has 0 fully saturated rings. The van der Waals surface area contributed by atoms with Gasteiger partial charge in [-0.05, 0) is 19.3 Å². The van der Waals surface area contributed by atoms with Crippen LogP contribution in [0, 0.1) is 0 Å². The Hall–Kier alpha value is 0.430. The second-order valence-corrected chi connectivity index (χ2v) is 2.71.